The number of carbonyl (C=O) groups excluding carboxylic acids is 1. The first-order chi connectivity index (χ1) is 10.9. The number of rotatable bonds is 6. The average molecular weight is 333 g/mol. The van der Waals surface area contributed by atoms with Crippen molar-refractivity contribution >= 4 is 17.7 Å². The maximum Gasteiger partial charge on any atom is 0.235 e. The number of hydrogen-bond donors (Lipinski definition) is 1. The molecule has 0 spiro atoms. The number of imidazole rings is 1. The van der Waals surface area contributed by atoms with Gasteiger partial charge in [0.05, 0.1) is 23.7 Å². The highest BCUT2D eigenvalue weighted by Gasteiger charge is 2.21. The number of aliphatic hydroxyl groups is 1. The van der Waals surface area contributed by atoms with Crippen LogP contribution in [-0.2, 0) is 25.0 Å². The zero-order valence-corrected chi connectivity index (χ0v) is 14.8. The molecule has 0 radical (unpaired) electrons. The Kier molecular flexibility index (Phi) is 5.85. The normalized spacial score (nSPS) is 12.2. The van der Waals surface area contributed by atoms with Gasteiger partial charge in [0.25, 0.3) is 0 Å². The van der Waals surface area contributed by atoms with E-state index in [1.807, 2.05) is 43.8 Å². The zero-order chi connectivity index (χ0) is 17.0. The Bertz CT molecular complexity index is 684. The van der Waals surface area contributed by atoms with Crippen LogP contribution >= 0.6 is 11.8 Å². The van der Waals surface area contributed by atoms with E-state index in [2.05, 4.69) is 18.0 Å². The average Bonchev–Trinajstić information content (AvgIpc) is 2.89. The largest absolute Gasteiger partial charge is 0.390 e. The number of benzene rings is 1. The van der Waals surface area contributed by atoms with E-state index < -0.39 is 0 Å². The van der Waals surface area contributed by atoms with E-state index in [4.69, 9.17) is 0 Å². The lowest BCUT2D eigenvalue weighted by molar-refractivity contribution is -0.129. The first kappa shape index (κ1) is 17.6. The second kappa shape index (κ2) is 7.66. The highest BCUT2D eigenvalue weighted by Crippen LogP contribution is 2.24. The standard InChI is InChI=1S/C17H23N3O2S/c1-12-7-5-6-8-14(12)10-19(3)16(22)13(2)23-17-18-9-15(11-21)20(17)4/h5-9,13,21H,10-11H2,1-4H3. The molecule has 0 aliphatic carbocycles. The number of aryl methyl sites for hydroxylation is 1. The van der Waals surface area contributed by atoms with E-state index in [9.17, 15) is 9.90 Å². The quantitative estimate of drug-likeness (QED) is 0.825. The summed E-state index contributed by atoms with van der Waals surface area (Å²) in [6.07, 6.45) is 1.64. The van der Waals surface area contributed by atoms with Crippen LogP contribution < -0.4 is 0 Å². The molecule has 1 N–H and O–H groups in total. The molecule has 0 aliphatic rings. The minimum absolute atomic E-state index is 0.0560. The summed E-state index contributed by atoms with van der Waals surface area (Å²) in [7, 11) is 3.67. The molecule has 0 saturated heterocycles. The van der Waals surface area contributed by atoms with E-state index in [1.165, 1.54) is 17.3 Å². The first-order valence-corrected chi connectivity index (χ1v) is 8.39. The second-order valence-corrected chi connectivity index (χ2v) is 6.94. The van der Waals surface area contributed by atoms with Crippen LogP contribution in [0.3, 0.4) is 0 Å². The summed E-state index contributed by atoms with van der Waals surface area (Å²) in [4.78, 5) is 18.6. The SMILES string of the molecule is Cc1ccccc1CN(C)C(=O)C(C)Sc1ncc(CO)n1C. The van der Waals surface area contributed by atoms with Crippen molar-refractivity contribution in [3.63, 3.8) is 0 Å². The van der Waals surface area contributed by atoms with Gasteiger partial charge in [0.15, 0.2) is 5.16 Å². The number of amides is 1. The van der Waals surface area contributed by atoms with Gasteiger partial charge < -0.3 is 14.6 Å². The molecule has 1 aromatic carbocycles. The van der Waals surface area contributed by atoms with Crippen molar-refractivity contribution in [2.24, 2.45) is 7.05 Å². The zero-order valence-electron chi connectivity index (χ0n) is 14.0. The van der Waals surface area contributed by atoms with Gasteiger partial charge in [-0.25, -0.2) is 4.98 Å². The molecule has 1 amide bonds. The van der Waals surface area contributed by atoms with Crippen LogP contribution in [0.2, 0.25) is 0 Å². The molecular weight excluding hydrogens is 310 g/mol. The summed E-state index contributed by atoms with van der Waals surface area (Å²) in [6.45, 7) is 4.48. The van der Waals surface area contributed by atoms with Crippen molar-refractivity contribution in [1.82, 2.24) is 14.5 Å². The third-order valence-corrected chi connectivity index (χ3v) is 5.02. The van der Waals surface area contributed by atoms with Crippen molar-refractivity contribution < 1.29 is 9.90 Å². The molecule has 1 unspecified atom stereocenters. The number of thioether (sulfide) groups is 1. The Labute approximate surface area is 141 Å². The maximum absolute atomic E-state index is 12.6. The maximum atomic E-state index is 12.6. The van der Waals surface area contributed by atoms with E-state index in [0.29, 0.717) is 6.54 Å². The van der Waals surface area contributed by atoms with Gasteiger partial charge in [-0.2, -0.15) is 0 Å². The molecule has 0 aliphatic heterocycles. The first-order valence-electron chi connectivity index (χ1n) is 7.51. The summed E-state index contributed by atoms with van der Waals surface area (Å²) < 4.78 is 1.82. The van der Waals surface area contributed by atoms with Crippen LogP contribution in [0.1, 0.15) is 23.7 Å². The Morgan fingerprint density at radius 1 is 1.43 bits per heavy atom. The van der Waals surface area contributed by atoms with Gasteiger partial charge >= 0.3 is 0 Å². The minimum Gasteiger partial charge on any atom is -0.390 e. The van der Waals surface area contributed by atoms with E-state index in [1.54, 1.807) is 11.1 Å². The fourth-order valence-electron chi connectivity index (χ4n) is 2.32. The van der Waals surface area contributed by atoms with Crippen LogP contribution in [0.25, 0.3) is 0 Å². The molecule has 0 saturated carbocycles. The Balaban J connectivity index is 2.01. The van der Waals surface area contributed by atoms with Crippen molar-refractivity contribution in [1.29, 1.82) is 0 Å². The topological polar surface area (TPSA) is 58.4 Å². The second-order valence-electron chi connectivity index (χ2n) is 5.63. The van der Waals surface area contributed by atoms with Crippen LogP contribution in [0.4, 0.5) is 0 Å². The number of aromatic nitrogens is 2. The van der Waals surface area contributed by atoms with E-state index >= 15 is 0 Å². The smallest absolute Gasteiger partial charge is 0.235 e. The predicted octanol–water partition coefficient (Wildman–Crippen LogP) is 2.36. The van der Waals surface area contributed by atoms with Gasteiger partial charge in [-0.1, -0.05) is 36.0 Å². The number of nitrogens with zero attached hydrogens (tertiary/aromatic N) is 3. The van der Waals surface area contributed by atoms with Crippen LogP contribution in [0.15, 0.2) is 35.6 Å². The van der Waals surface area contributed by atoms with Crippen LogP contribution in [-0.4, -0.2) is 37.8 Å². The third-order valence-electron chi connectivity index (χ3n) is 3.88. The van der Waals surface area contributed by atoms with E-state index in [-0.39, 0.29) is 17.8 Å². The lowest BCUT2D eigenvalue weighted by atomic mass is 10.1. The molecule has 23 heavy (non-hydrogen) atoms. The van der Waals surface area contributed by atoms with Gasteiger partial charge in [-0.3, -0.25) is 4.79 Å². The monoisotopic (exact) mass is 333 g/mol. The summed E-state index contributed by atoms with van der Waals surface area (Å²) >= 11 is 1.41. The molecular formula is C17H23N3O2S. The van der Waals surface area contributed by atoms with Gasteiger partial charge in [-0.15, -0.1) is 0 Å². The number of carbonyl (C=O) groups is 1. The molecule has 2 rings (SSSR count). The number of hydrogen-bond acceptors (Lipinski definition) is 4. The van der Waals surface area contributed by atoms with Gasteiger partial charge in [0.2, 0.25) is 5.91 Å². The summed E-state index contributed by atoms with van der Waals surface area (Å²) in [5, 5.41) is 9.70. The Morgan fingerprint density at radius 3 is 2.74 bits per heavy atom. The molecule has 1 heterocycles. The highest BCUT2D eigenvalue weighted by atomic mass is 32.2. The number of aliphatic hydroxyl groups excluding tert-OH is 1. The van der Waals surface area contributed by atoms with Crippen molar-refractivity contribution in [3.05, 3.63) is 47.3 Å². The molecule has 0 fully saturated rings. The lowest BCUT2D eigenvalue weighted by Crippen LogP contribution is -2.33. The highest BCUT2D eigenvalue weighted by molar-refractivity contribution is 8.00. The summed E-state index contributed by atoms with van der Waals surface area (Å²) in [5.74, 6) is 0.0619. The van der Waals surface area contributed by atoms with Gasteiger partial charge in [0, 0.05) is 20.6 Å². The third kappa shape index (κ3) is 4.14. The van der Waals surface area contributed by atoms with Gasteiger partial charge in [-0.05, 0) is 25.0 Å². The van der Waals surface area contributed by atoms with Crippen LogP contribution in [0.5, 0.6) is 0 Å². The van der Waals surface area contributed by atoms with Crippen molar-refractivity contribution in [3.8, 4) is 0 Å². The molecule has 124 valence electrons. The predicted molar refractivity (Wildman–Crippen MR) is 92.1 cm³/mol. The molecule has 2 aromatic rings. The molecule has 0 bridgehead atoms. The molecule has 6 heteroatoms. The minimum atomic E-state index is -0.239. The Morgan fingerprint density at radius 2 is 2.13 bits per heavy atom. The van der Waals surface area contributed by atoms with Gasteiger partial charge in [0.1, 0.15) is 0 Å². The van der Waals surface area contributed by atoms with Crippen LogP contribution in [0, 0.1) is 6.92 Å². The molecule has 1 atom stereocenters. The fraction of sp³-hybridized carbons (Fsp3) is 0.412. The van der Waals surface area contributed by atoms with Crippen molar-refractivity contribution in [2.45, 2.75) is 37.4 Å². The molecule has 5 nitrogen and oxygen atoms in total. The fourth-order valence-corrected chi connectivity index (χ4v) is 3.31. The Hall–Kier alpha value is -1.79. The summed E-state index contributed by atoms with van der Waals surface area (Å²) in [5.41, 5.74) is 3.07. The lowest BCUT2D eigenvalue weighted by Gasteiger charge is -2.22. The van der Waals surface area contributed by atoms with E-state index in [0.717, 1.165) is 16.4 Å². The molecule has 1 aromatic heterocycles. The van der Waals surface area contributed by atoms with Crippen molar-refractivity contribution in [2.75, 3.05) is 7.05 Å². The summed E-state index contributed by atoms with van der Waals surface area (Å²) in [6, 6.07) is 8.08.